The van der Waals surface area contributed by atoms with E-state index >= 15 is 0 Å². The summed E-state index contributed by atoms with van der Waals surface area (Å²) in [6.07, 6.45) is 0. The van der Waals surface area contributed by atoms with Crippen molar-refractivity contribution in [2.75, 3.05) is 0 Å². The zero-order valence-corrected chi connectivity index (χ0v) is 12.3. The maximum atomic E-state index is 13.7. The van der Waals surface area contributed by atoms with Gasteiger partial charge in [0.2, 0.25) is 0 Å². The molecule has 21 heavy (non-hydrogen) atoms. The van der Waals surface area contributed by atoms with E-state index in [0.29, 0.717) is 17.7 Å². The van der Waals surface area contributed by atoms with E-state index < -0.39 is 11.6 Å². The number of nitrogens with one attached hydrogen (secondary N) is 1. The fraction of sp³-hybridized carbons (Fsp3) is 0.294. The molecule has 0 radical (unpaired) electrons. The molecule has 0 aromatic heterocycles. The summed E-state index contributed by atoms with van der Waals surface area (Å²) in [5, 5.41) is 3.13. The van der Waals surface area contributed by atoms with Crippen molar-refractivity contribution in [1.82, 2.24) is 5.32 Å². The third kappa shape index (κ3) is 3.64. The molecule has 0 fully saturated rings. The van der Waals surface area contributed by atoms with Crippen LogP contribution in [0.1, 0.15) is 35.2 Å². The lowest BCUT2D eigenvalue weighted by Gasteiger charge is -2.16. The van der Waals surface area contributed by atoms with Crippen LogP contribution in [0.5, 0.6) is 0 Å². The van der Waals surface area contributed by atoms with Gasteiger partial charge in [0, 0.05) is 18.2 Å². The number of aryl methyl sites for hydroxylation is 2. The second-order valence-corrected chi connectivity index (χ2v) is 5.31. The second-order valence-electron chi connectivity index (χ2n) is 5.31. The molecule has 1 N–H and O–H groups in total. The summed E-state index contributed by atoms with van der Waals surface area (Å²) in [6, 6.07) is 6.57. The van der Waals surface area contributed by atoms with Gasteiger partial charge in [-0.1, -0.05) is 12.1 Å². The SMILES string of the molecule is Cc1cc(CNC(C)c2cc(F)ccc2F)cc(C)c1F. The molecule has 0 aliphatic carbocycles. The van der Waals surface area contributed by atoms with Crippen molar-refractivity contribution < 1.29 is 13.2 Å². The number of hydrogen-bond acceptors (Lipinski definition) is 1. The van der Waals surface area contributed by atoms with Crippen LogP contribution < -0.4 is 5.32 Å². The summed E-state index contributed by atoms with van der Waals surface area (Å²) < 4.78 is 40.4. The Balaban J connectivity index is 2.11. The standard InChI is InChI=1S/C17H18F3N/c1-10-6-13(7-11(2)17(10)20)9-21-12(3)15-8-14(18)4-5-16(15)19/h4-8,12,21H,9H2,1-3H3. The Bertz CT molecular complexity index is 629. The van der Waals surface area contributed by atoms with Crippen molar-refractivity contribution in [3.63, 3.8) is 0 Å². The Labute approximate surface area is 122 Å². The molecule has 0 aliphatic rings. The topological polar surface area (TPSA) is 12.0 Å². The van der Waals surface area contributed by atoms with E-state index in [1.807, 2.05) is 0 Å². The van der Waals surface area contributed by atoms with E-state index in [4.69, 9.17) is 0 Å². The molecule has 1 atom stereocenters. The minimum Gasteiger partial charge on any atom is -0.306 e. The molecule has 1 unspecified atom stereocenters. The molecule has 1 nitrogen and oxygen atoms in total. The van der Waals surface area contributed by atoms with Gasteiger partial charge >= 0.3 is 0 Å². The quantitative estimate of drug-likeness (QED) is 0.870. The van der Waals surface area contributed by atoms with Gasteiger partial charge in [-0.25, -0.2) is 13.2 Å². The highest BCUT2D eigenvalue weighted by atomic mass is 19.1. The number of halogens is 3. The maximum absolute atomic E-state index is 13.7. The van der Waals surface area contributed by atoms with Crippen molar-refractivity contribution in [2.24, 2.45) is 0 Å². The van der Waals surface area contributed by atoms with Gasteiger partial charge in [-0.2, -0.15) is 0 Å². The van der Waals surface area contributed by atoms with Crippen LogP contribution in [0.15, 0.2) is 30.3 Å². The molecule has 0 saturated heterocycles. The summed E-state index contributed by atoms with van der Waals surface area (Å²) >= 11 is 0. The molecular formula is C17H18F3N. The Morgan fingerprint density at radius 1 is 1.00 bits per heavy atom. The van der Waals surface area contributed by atoms with Crippen LogP contribution in [0.25, 0.3) is 0 Å². The number of rotatable bonds is 4. The Morgan fingerprint density at radius 3 is 2.24 bits per heavy atom. The Kier molecular flexibility index (Phi) is 4.68. The van der Waals surface area contributed by atoms with Crippen LogP contribution in [-0.2, 0) is 6.54 Å². The summed E-state index contributed by atoms with van der Waals surface area (Å²) in [7, 11) is 0. The normalized spacial score (nSPS) is 12.5. The molecule has 0 spiro atoms. The lowest BCUT2D eigenvalue weighted by Crippen LogP contribution is -2.19. The molecule has 0 amide bonds. The first kappa shape index (κ1) is 15.6. The molecule has 0 heterocycles. The van der Waals surface area contributed by atoms with Gasteiger partial charge in [0.1, 0.15) is 17.5 Å². The third-order valence-electron chi connectivity index (χ3n) is 3.53. The summed E-state index contributed by atoms with van der Waals surface area (Å²) in [4.78, 5) is 0. The highest BCUT2D eigenvalue weighted by Crippen LogP contribution is 2.19. The van der Waals surface area contributed by atoms with Gasteiger partial charge in [0.05, 0.1) is 0 Å². The largest absolute Gasteiger partial charge is 0.306 e. The van der Waals surface area contributed by atoms with Crippen LogP contribution in [0, 0.1) is 31.3 Å². The first-order valence-electron chi connectivity index (χ1n) is 6.82. The molecule has 0 aliphatic heterocycles. The Hall–Kier alpha value is -1.81. The fourth-order valence-electron chi connectivity index (χ4n) is 2.36. The minimum absolute atomic E-state index is 0.206. The zero-order valence-electron chi connectivity index (χ0n) is 12.3. The first-order valence-corrected chi connectivity index (χ1v) is 6.82. The van der Waals surface area contributed by atoms with Crippen LogP contribution in [0.2, 0.25) is 0 Å². The van der Waals surface area contributed by atoms with E-state index in [2.05, 4.69) is 5.32 Å². The van der Waals surface area contributed by atoms with Crippen LogP contribution in [0.3, 0.4) is 0 Å². The van der Waals surface area contributed by atoms with E-state index in [1.54, 1.807) is 32.9 Å². The predicted molar refractivity (Wildman–Crippen MR) is 77.5 cm³/mol. The van der Waals surface area contributed by atoms with E-state index in [0.717, 1.165) is 17.7 Å². The lowest BCUT2D eigenvalue weighted by molar-refractivity contribution is 0.518. The summed E-state index contributed by atoms with van der Waals surface area (Å²) in [5.74, 6) is -1.11. The van der Waals surface area contributed by atoms with E-state index in [-0.39, 0.29) is 17.4 Å². The average Bonchev–Trinajstić information content (AvgIpc) is 2.44. The predicted octanol–water partition coefficient (Wildman–Crippen LogP) is 4.57. The van der Waals surface area contributed by atoms with Crippen LogP contribution >= 0.6 is 0 Å². The average molecular weight is 293 g/mol. The van der Waals surface area contributed by atoms with Gasteiger partial charge in [-0.3, -0.25) is 0 Å². The van der Waals surface area contributed by atoms with E-state index in [1.165, 1.54) is 6.07 Å². The fourth-order valence-corrected chi connectivity index (χ4v) is 2.36. The van der Waals surface area contributed by atoms with Gasteiger partial charge in [0.15, 0.2) is 0 Å². The molecule has 2 rings (SSSR count). The van der Waals surface area contributed by atoms with Crippen molar-refractivity contribution in [3.8, 4) is 0 Å². The zero-order chi connectivity index (χ0) is 15.6. The van der Waals surface area contributed by atoms with Crippen molar-refractivity contribution in [3.05, 3.63) is 70.0 Å². The smallest absolute Gasteiger partial charge is 0.129 e. The molecule has 112 valence electrons. The monoisotopic (exact) mass is 293 g/mol. The highest BCUT2D eigenvalue weighted by Gasteiger charge is 2.12. The van der Waals surface area contributed by atoms with Gasteiger partial charge in [-0.05, 0) is 55.7 Å². The van der Waals surface area contributed by atoms with Crippen LogP contribution in [0.4, 0.5) is 13.2 Å². The van der Waals surface area contributed by atoms with Gasteiger partial charge in [-0.15, -0.1) is 0 Å². The molecular weight excluding hydrogens is 275 g/mol. The second kappa shape index (κ2) is 6.31. The van der Waals surface area contributed by atoms with Gasteiger partial charge in [0.25, 0.3) is 0 Å². The third-order valence-corrected chi connectivity index (χ3v) is 3.53. The molecule has 0 saturated carbocycles. The molecule has 4 heteroatoms. The molecule has 2 aromatic carbocycles. The highest BCUT2D eigenvalue weighted by molar-refractivity contribution is 5.30. The Morgan fingerprint density at radius 2 is 1.62 bits per heavy atom. The number of hydrogen-bond donors (Lipinski definition) is 1. The summed E-state index contributed by atoms with van der Waals surface area (Å²) in [5.41, 5.74) is 2.35. The maximum Gasteiger partial charge on any atom is 0.129 e. The van der Waals surface area contributed by atoms with Crippen molar-refractivity contribution >= 4 is 0 Å². The molecule has 2 aromatic rings. The minimum atomic E-state index is -0.464. The first-order chi connectivity index (χ1) is 9.88. The van der Waals surface area contributed by atoms with E-state index in [9.17, 15) is 13.2 Å². The van der Waals surface area contributed by atoms with Crippen molar-refractivity contribution in [1.29, 1.82) is 0 Å². The van der Waals surface area contributed by atoms with Crippen molar-refractivity contribution in [2.45, 2.75) is 33.4 Å². The van der Waals surface area contributed by atoms with Crippen LogP contribution in [-0.4, -0.2) is 0 Å². The summed E-state index contributed by atoms with van der Waals surface area (Å²) in [6.45, 7) is 5.64. The van der Waals surface area contributed by atoms with Gasteiger partial charge < -0.3 is 5.32 Å². The lowest BCUT2D eigenvalue weighted by atomic mass is 10.0. The molecule has 0 bridgehead atoms. The number of benzene rings is 2.